The second kappa shape index (κ2) is 6.47. The Balaban J connectivity index is 1.84. The van der Waals surface area contributed by atoms with Gasteiger partial charge in [0.15, 0.2) is 17.3 Å². The van der Waals surface area contributed by atoms with Gasteiger partial charge in [-0.2, -0.15) is 5.10 Å². The van der Waals surface area contributed by atoms with Gasteiger partial charge in [-0.25, -0.2) is 0 Å². The molecule has 2 aromatic rings. The van der Waals surface area contributed by atoms with Crippen LogP contribution in [-0.2, 0) is 11.3 Å². The molecule has 10 nitrogen and oxygen atoms in total. The lowest BCUT2D eigenvalue weighted by molar-refractivity contribution is -0.386. The molecule has 0 atom stereocenters. The summed E-state index contributed by atoms with van der Waals surface area (Å²) in [6.07, 6.45) is 0. The Morgan fingerprint density at radius 1 is 1.31 bits per heavy atom. The highest BCUT2D eigenvalue weighted by Crippen LogP contribution is 2.37. The van der Waals surface area contributed by atoms with Gasteiger partial charge < -0.3 is 14.8 Å². The van der Waals surface area contributed by atoms with Crippen molar-refractivity contribution in [1.82, 2.24) is 9.78 Å². The lowest BCUT2D eigenvalue weighted by Gasteiger charge is -2.11. The summed E-state index contributed by atoms with van der Waals surface area (Å²) in [5.74, 6) is 0.127. The number of aromatic nitrogens is 2. The minimum Gasteiger partial charge on any atom is -0.454 e. The van der Waals surface area contributed by atoms with Gasteiger partial charge in [0, 0.05) is 11.6 Å². The zero-order valence-corrected chi connectivity index (χ0v) is 14.4. The van der Waals surface area contributed by atoms with Gasteiger partial charge in [0.1, 0.15) is 17.9 Å². The van der Waals surface area contributed by atoms with Crippen molar-refractivity contribution in [1.29, 1.82) is 0 Å². The number of nitrogens with one attached hydrogen (secondary N) is 1. The van der Waals surface area contributed by atoms with Crippen LogP contribution in [0.25, 0.3) is 0 Å². The maximum absolute atomic E-state index is 12.4. The minimum atomic E-state index is -0.530. The Morgan fingerprint density at radius 3 is 2.54 bits per heavy atom. The molecule has 1 aromatic heterocycles. The first-order chi connectivity index (χ1) is 12.3. The third-order valence-electron chi connectivity index (χ3n) is 3.99. The smallest absolute Gasteiger partial charge is 0.312 e. The van der Waals surface area contributed by atoms with Crippen molar-refractivity contribution in [2.75, 3.05) is 12.1 Å². The Kier molecular flexibility index (Phi) is 4.33. The normalized spacial score (nSPS) is 12.1. The van der Waals surface area contributed by atoms with Crippen LogP contribution in [0.15, 0.2) is 12.1 Å². The van der Waals surface area contributed by atoms with Gasteiger partial charge in [0.25, 0.3) is 0 Å². The van der Waals surface area contributed by atoms with Crippen molar-refractivity contribution in [3.63, 3.8) is 0 Å². The van der Waals surface area contributed by atoms with Crippen molar-refractivity contribution in [3.8, 4) is 11.5 Å². The number of hydrogen-bond donors (Lipinski definition) is 1. The van der Waals surface area contributed by atoms with E-state index in [0.29, 0.717) is 11.5 Å². The molecule has 1 N–H and O–H groups in total. The summed E-state index contributed by atoms with van der Waals surface area (Å²) in [6, 6.07) is 3.02. The first-order valence-corrected chi connectivity index (χ1v) is 7.70. The molecular formula is C16H16N4O6. The van der Waals surface area contributed by atoms with Crippen LogP contribution in [0.3, 0.4) is 0 Å². The predicted octanol–water partition coefficient (Wildman–Crippen LogP) is 1.98. The quantitative estimate of drug-likeness (QED) is 0.491. The Labute approximate surface area is 147 Å². The molecule has 136 valence electrons. The molecule has 2 heterocycles. The molecule has 3 rings (SSSR count). The summed E-state index contributed by atoms with van der Waals surface area (Å²) < 4.78 is 11.7. The summed E-state index contributed by atoms with van der Waals surface area (Å²) in [7, 11) is 0. The van der Waals surface area contributed by atoms with Gasteiger partial charge in [0.2, 0.25) is 12.7 Å². The van der Waals surface area contributed by atoms with Crippen LogP contribution >= 0.6 is 0 Å². The van der Waals surface area contributed by atoms with Crippen molar-refractivity contribution in [3.05, 3.63) is 39.2 Å². The highest BCUT2D eigenvalue weighted by molar-refractivity contribution is 6.04. The molecule has 10 heteroatoms. The van der Waals surface area contributed by atoms with E-state index >= 15 is 0 Å². The molecule has 0 spiro atoms. The highest BCUT2D eigenvalue weighted by atomic mass is 16.7. The van der Waals surface area contributed by atoms with Crippen LogP contribution in [0.2, 0.25) is 0 Å². The molecule has 1 amide bonds. The molecule has 0 saturated heterocycles. The first-order valence-electron chi connectivity index (χ1n) is 7.70. The largest absolute Gasteiger partial charge is 0.454 e. The number of carbonyl (C=O) groups excluding carboxylic acids is 2. The number of ether oxygens (including phenoxy) is 2. The second-order valence-corrected chi connectivity index (χ2v) is 5.79. The fourth-order valence-electron chi connectivity index (χ4n) is 2.77. The molecule has 0 radical (unpaired) electrons. The average Bonchev–Trinajstić information content (AvgIpc) is 3.10. The number of benzene rings is 1. The summed E-state index contributed by atoms with van der Waals surface area (Å²) in [6.45, 7) is 4.21. The zero-order valence-electron chi connectivity index (χ0n) is 14.4. The maximum Gasteiger partial charge on any atom is 0.312 e. The molecular weight excluding hydrogens is 344 g/mol. The molecule has 0 saturated carbocycles. The lowest BCUT2D eigenvalue weighted by Crippen LogP contribution is -2.21. The Morgan fingerprint density at radius 2 is 1.96 bits per heavy atom. The van der Waals surface area contributed by atoms with Gasteiger partial charge in [-0.05, 0) is 26.8 Å². The standard InChI is InChI=1S/C16H16N4O6/c1-8-16(20(23)24)9(2)19(18-8)6-15(22)17-12-5-14-13(25-7-26-14)4-11(12)10(3)21/h4-5H,6-7H2,1-3H3,(H,17,22). The maximum atomic E-state index is 12.4. The van der Waals surface area contributed by atoms with E-state index in [4.69, 9.17) is 9.47 Å². The Bertz CT molecular complexity index is 933. The zero-order chi connectivity index (χ0) is 19.0. The number of fused-ring (bicyclic) bond motifs is 1. The van der Waals surface area contributed by atoms with E-state index in [2.05, 4.69) is 10.4 Å². The fraction of sp³-hybridized carbons (Fsp3) is 0.312. The monoisotopic (exact) mass is 360 g/mol. The average molecular weight is 360 g/mol. The van der Waals surface area contributed by atoms with Gasteiger partial charge in [-0.1, -0.05) is 0 Å². The number of aryl methyl sites for hydroxylation is 1. The topological polar surface area (TPSA) is 126 Å². The number of ketones is 1. The third-order valence-corrected chi connectivity index (χ3v) is 3.99. The molecule has 0 bridgehead atoms. The summed E-state index contributed by atoms with van der Waals surface area (Å²) >= 11 is 0. The number of hydrogen-bond acceptors (Lipinski definition) is 7. The number of nitro groups is 1. The van der Waals surface area contributed by atoms with Crippen LogP contribution in [0.5, 0.6) is 11.5 Å². The summed E-state index contributed by atoms with van der Waals surface area (Å²) in [4.78, 5) is 34.7. The molecule has 0 fully saturated rings. The van der Waals surface area contributed by atoms with Crippen LogP contribution in [-0.4, -0.2) is 33.2 Å². The molecule has 0 aliphatic carbocycles. The number of carbonyl (C=O) groups is 2. The van der Waals surface area contributed by atoms with Crippen molar-refractivity contribution in [2.45, 2.75) is 27.3 Å². The van der Waals surface area contributed by atoms with Crippen molar-refractivity contribution < 1.29 is 24.0 Å². The Hall–Kier alpha value is -3.43. The number of nitrogens with zero attached hydrogens (tertiary/aromatic N) is 3. The number of Topliss-reactive ketones (excluding diaryl/α,β-unsaturated/α-hetero) is 1. The molecule has 0 unspecified atom stereocenters. The SMILES string of the molecule is CC(=O)c1cc2c(cc1NC(=O)Cn1nc(C)c([N+](=O)[O-])c1C)OCO2. The second-order valence-electron chi connectivity index (χ2n) is 5.79. The molecule has 1 aliphatic rings. The van der Waals surface area contributed by atoms with Crippen LogP contribution < -0.4 is 14.8 Å². The van der Waals surface area contributed by atoms with E-state index in [-0.39, 0.29) is 47.4 Å². The van der Waals surface area contributed by atoms with Crippen LogP contribution in [0, 0.1) is 24.0 Å². The minimum absolute atomic E-state index is 0.0412. The predicted molar refractivity (Wildman–Crippen MR) is 89.6 cm³/mol. The molecule has 1 aliphatic heterocycles. The van der Waals surface area contributed by atoms with E-state index in [1.54, 1.807) is 0 Å². The van der Waals surface area contributed by atoms with Crippen LogP contribution in [0.1, 0.15) is 28.7 Å². The van der Waals surface area contributed by atoms with Crippen molar-refractivity contribution in [2.24, 2.45) is 0 Å². The van der Waals surface area contributed by atoms with Gasteiger partial charge in [-0.15, -0.1) is 0 Å². The van der Waals surface area contributed by atoms with E-state index in [1.165, 1.54) is 37.6 Å². The van der Waals surface area contributed by atoms with Gasteiger partial charge >= 0.3 is 5.69 Å². The van der Waals surface area contributed by atoms with E-state index < -0.39 is 10.8 Å². The van der Waals surface area contributed by atoms with Gasteiger partial charge in [-0.3, -0.25) is 24.4 Å². The molecule has 26 heavy (non-hydrogen) atoms. The summed E-state index contributed by atoms with van der Waals surface area (Å²) in [5.41, 5.74) is 0.947. The summed E-state index contributed by atoms with van der Waals surface area (Å²) in [5, 5.41) is 17.7. The number of anilines is 1. The van der Waals surface area contributed by atoms with Crippen LogP contribution in [0.4, 0.5) is 11.4 Å². The first kappa shape index (κ1) is 17.4. The number of amides is 1. The molecule has 1 aromatic carbocycles. The van der Waals surface area contributed by atoms with E-state index in [9.17, 15) is 19.7 Å². The van der Waals surface area contributed by atoms with Crippen molar-refractivity contribution >= 4 is 23.1 Å². The van der Waals surface area contributed by atoms with E-state index in [0.717, 1.165) is 0 Å². The van der Waals surface area contributed by atoms with Gasteiger partial charge in [0.05, 0.1) is 10.6 Å². The number of rotatable bonds is 5. The highest BCUT2D eigenvalue weighted by Gasteiger charge is 2.24. The lowest BCUT2D eigenvalue weighted by atomic mass is 10.1. The fourth-order valence-corrected chi connectivity index (χ4v) is 2.77. The van der Waals surface area contributed by atoms with E-state index in [1.807, 2.05) is 0 Å². The third kappa shape index (κ3) is 3.08.